The number of hydrogen-bond donors (Lipinski definition) is 1. The van der Waals surface area contributed by atoms with E-state index in [-0.39, 0.29) is 15.6 Å². The first-order valence-corrected chi connectivity index (χ1v) is 7.29. The Hall–Kier alpha value is -1.60. The van der Waals surface area contributed by atoms with E-state index >= 15 is 0 Å². The lowest BCUT2D eigenvalue weighted by Crippen LogP contribution is -2.12. The van der Waals surface area contributed by atoms with Gasteiger partial charge in [0, 0.05) is 12.7 Å². The molecule has 1 aromatic heterocycles. The fourth-order valence-electron chi connectivity index (χ4n) is 1.43. The highest BCUT2D eigenvalue weighted by molar-refractivity contribution is 7.92. The van der Waals surface area contributed by atoms with Crippen molar-refractivity contribution in [1.82, 2.24) is 9.78 Å². The standard InChI is InChI=1S/C11H11ClFN3O2S/c1-2-16-7-9(6-14-16)19(17,18)15-8-3-4-11(13)10(12)5-8/h3-7,15H,2H2,1H3. The Bertz CT molecular complexity index is 700. The van der Waals surface area contributed by atoms with Crippen molar-refractivity contribution in [2.24, 2.45) is 0 Å². The van der Waals surface area contributed by atoms with Crippen LogP contribution in [-0.4, -0.2) is 18.2 Å². The van der Waals surface area contributed by atoms with E-state index < -0.39 is 15.8 Å². The zero-order valence-corrected chi connectivity index (χ0v) is 11.5. The second-order valence-electron chi connectivity index (χ2n) is 3.77. The normalized spacial score (nSPS) is 11.5. The van der Waals surface area contributed by atoms with Crippen molar-refractivity contribution in [2.45, 2.75) is 18.4 Å². The van der Waals surface area contributed by atoms with Gasteiger partial charge in [-0.2, -0.15) is 5.10 Å². The molecule has 0 saturated heterocycles. The third-order valence-corrected chi connectivity index (χ3v) is 4.04. The maximum atomic E-state index is 13.0. The largest absolute Gasteiger partial charge is 0.279 e. The first-order valence-electron chi connectivity index (χ1n) is 5.42. The van der Waals surface area contributed by atoms with E-state index in [1.165, 1.54) is 29.2 Å². The van der Waals surface area contributed by atoms with Gasteiger partial charge in [-0.05, 0) is 25.1 Å². The minimum Gasteiger partial charge on any atom is -0.279 e. The average molecular weight is 304 g/mol. The molecule has 0 fully saturated rings. The van der Waals surface area contributed by atoms with Crippen LogP contribution in [0.4, 0.5) is 10.1 Å². The van der Waals surface area contributed by atoms with E-state index in [1.54, 1.807) is 0 Å². The van der Waals surface area contributed by atoms with Crippen LogP contribution in [0.25, 0.3) is 0 Å². The summed E-state index contributed by atoms with van der Waals surface area (Å²) in [7, 11) is -3.75. The summed E-state index contributed by atoms with van der Waals surface area (Å²) in [6.45, 7) is 2.41. The smallest absolute Gasteiger partial charge is 0.265 e. The van der Waals surface area contributed by atoms with Gasteiger partial charge in [-0.3, -0.25) is 9.40 Å². The second-order valence-corrected chi connectivity index (χ2v) is 5.86. The van der Waals surface area contributed by atoms with Crippen molar-refractivity contribution in [3.8, 4) is 0 Å². The van der Waals surface area contributed by atoms with Crippen LogP contribution < -0.4 is 4.72 Å². The van der Waals surface area contributed by atoms with Crippen LogP contribution >= 0.6 is 11.6 Å². The Morgan fingerprint density at radius 1 is 1.47 bits per heavy atom. The van der Waals surface area contributed by atoms with Crippen molar-refractivity contribution in [3.05, 3.63) is 41.4 Å². The third-order valence-electron chi connectivity index (χ3n) is 2.42. The molecule has 5 nitrogen and oxygen atoms in total. The molecule has 0 aliphatic heterocycles. The molecule has 0 atom stereocenters. The number of anilines is 1. The molecule has 0 radical (unpaired) electrons. The summed E-state index contributed by atoms with van der Waals surface area (Å²) in [5.74, 6) is -0.608. The molecule has 19 heavy (non-hydrogen) atoms. The SMILES string of the molecule is CCn1cc(S(=O)(=O)Nc2ccc(F)c(Cl)c2)cn1. The number of benzene rings is 1. The van der Waals surface area contributed by atoms with Gasteiger partial charge in [-0.1, -0.05) is 11.6 Å². The highest BCUT2D eigenvalue weighted by Crippen LogP contribution is 2.21. The molecule has 8 heteroatoms. The van der Waals surface area contributed by atoms with Crippen molar-refractivity contribution >= 4 is 27.3 Å². The molecule has 0 amide bonds. The molecule has 2 aromatic rings. The fourth-order valence-corrected chi connectivity index (χ4v) is 2.61. The molecular formula is C11H11ClFN3O2S. The summed E-state index contributed by atoms with van der Waals surface area (Å²) in [5.41, 5.74) is 0.190. The minimum atomic E-state index is -3.75. The quantitative estimate of drug-likeness (QED) is 0.944. The van der Waals surface area contributed by atoms with E-state index in [2.05, 4.69) is 9.82 Å². The minimum absolute atomic E-state index is 0.0368. The van der Waals surface area contributed by atoms with Crippen LogP contribution in [0.1, 0.15) is 6.92 Å². The first-order chi connectivity index (χ1) is 8.92. The molecule has 0 bridgehead atoms. The Kier molecular flexibility index (Phi) is 3.77. The van der Waals surface area contributed by atoms with Crippen LogP contribution in [0.2, 0.25) is 5.02 Å². The fraction of sp³-hybridized carbons (Fsp3) is 0.182. The van der Waals surface area contributed by atoms with Crippen LogP contribution in [0.15, 0.2) is 35.5 Å². The van der Waals surface area contributed by atoms with E-state index in [0.29, 0.717) is 6.54 Å². The number of rotatable bonds is 4. The summed E-state index contributed by atoms with van der Waals surface area (Å²) < 4.78 is 40.8. The van der Waals surface area contributed by atoms with E-state index in [9.17, 15) is 12.8 Å². The molecule has 0 spiro atoms. The summed E-state index contributed by atoms with van der Waals surface area (Å²) >= 11 is 5.59. The van der Waals surface area contributed by atoms with E-state index in [4.69, 9.17) is 11.6 Å². The van der Waals surface area contributed by atoms with Gasteiger partial charge >= 0.3 is 0 Å². The molecule has 0 saturated carbocycles. The Morgan fingerprint density at radius 2 is 2.21 bits per heavy atom. The number of nitrogens with zero attached hydrogens (tertiary/aromatic N) is 2. The van der Waals surface area contributed by atoms with Crippen molar-refractivity contribution < 1.29 is 12.8 Å². The van der Waals surface area contributed by atoms with Crippen molar-refractivity contribution in [1.29, 1.82) is 0 Å². The van der Waals surface area contributed by atoms with Crippen LogP contribution in [-0.2, 0) is 16.6 Å². The number of nitrogens with one attached hydrogen (secondary N) is 1. The molecule has 1 N–H and O–H groups in total. The van der Waals surface area contributed by atoms with Crippen LogP contribution in [0.5, 0.6) is 0 Å². The number of aromatic nitrogens is 2. The number of sulfonamides is 1. The lowest BCUT2D eigenvalue weighted by molar-refractivity contribution is 0.600. The van der Waals surface area contributed by atoms with E-state index in [1.807, 2.05) is 6.92 Å². The Balaban J connectivity index is 2.28. The zero-order chi connectivity index (χ0) is 14.0. The van der Waals surface area contributed by atoms with Gasteiger partial charge in [0.1, 0.15) is 10.7 Å². The average Bonchev–Trinajstić information content (AvgIpc) is 2.83. The van der Waals surface area contributed by atoms with Gasteiger partial charge in [-0.15, -0.1) is 0 Å². The number of halogens is 2. The van der Waals surface area contributed by atoms with Crippen molar-refractivity contribution in [3.63, 3.8) is 0 Å². The van der Waals surface area contributed by atoms with Crippen LogP contribution in [0, 0.1) is 5.82 Å². The topological polar surface area (TPSA) is 64.0 Å². The molecule has 1 heterocycles. The monoisotopic (exact) mass is 303 g/mol. The van der Waals surface area contributed by atoms with Crippen molar-refractivity contribution in [2.75, 3.05) is 4.72 Å². The molecule has 0 aliphatic carbocycles. The highest BCUT2D eigenvalue weighted by Gasteiger charge is 2.17. The Labute approximate surface area is 115 Å². The molecule has 102 valence electrons. The lowest BCUT2D eigenvalue weighted by atomic mass is 10.3. The molecular weight excluding hydrogens is 293 g/mol. The predicted molar refractivity (Wildman–Crippen MR) is 70.1 cm³/mol. The van der Waals surface area contributed by atoms with Gasteiger partial charge in [0.15, 0.2) is 0 Å². The lowest BCUT2D eigenvalue weighted by Gasteiger charge is -2.06. The second kappa shape index (κ2) is 5.18. The van der Waals surface area contributed by atoms with E-state index in [0.717, 1.165) is 6.07 Å². The zero-order valence-electron chi connectivity index (χ0n) is 9.97. The molecule has 2 rings (SSSR count). The first kappa shape index (κ1) is 13.8. The van der Waals surface area contributed by atoms with Gasteiger partial charge < -0.3 is 0 Å². The summed E-state index contributed by atoms with van der Waals surface area (Å²) in [6, 6.07) is 3.59. The molecule has 0 aliphatic rings. The molecule has 1 aromatic carbocycles. The third kappa shape index (κ3) is 3.05. The van der Waals surface area contributed by atoms with Gasteiger partial charge in [-0.25, -0.2) is 12.8 Å². The maximum absolute atomic E-state index is 13.0. The number of aryl methyl sites for hydroxylation is 1. The predicted octanol–water partition coefficient (Wildman–Crippen LogP) is 2.50. The van der Waals surface area contributed by atoms with Gasteiger partial charge in [0.2, 0.25) is 0 Å². The number of hydrogen-bond acceptors (Lipinski definition) is 3. The molecule has 0 unspecified atom stereocenters. The highest BCUT2D eigenvalue weighted by atomic mass is 35.5. The van der Waals surface area contributed by atoms with Gasteiger partial charge in [0.05, 0.1) is 16.9 Å². The van der Waals surface area contributed by atoms with Crippen LogP contribution in [0.3, 0.4) is 0 Å². The summed E-state index contributed by atoms with van der Waals surface area (Å²) in [6.07, 6.45) is 2.66. The van der Waals surface area contributed by atoms with Gasteiger partial charge in [0.25, 0.3) is 10.0 Å². The summed E-state index contributed by atoms with van der Waals surface area (Å²) in [5, 5.41) is 3.74. The summed E-state index contributed by atoms with van der Waals surface area (Å²) in [4.78, 5) is 0.0368. The Morgan fingerprint density at radius 3 is 2.79 bits per heavy atom. The maximum Gasteiger partial charge on any atom is 0.265 e.